The van der Waals surface area contributed by atoms with E-state index < -0.39 is 0 Å². The Balaban J connectivity index is 2.53. The minimum atomic E-state index is 0.317. The molecule has 0 saturated carbocycles. The molecule has 0 radical (unpaired) electrons. The summed E-state index contributed by atoms with van der Waals surface area (Å²) >= 11 is 0. The Morgan fingerprint density at radius 3 is 2.79 bits per heavy atom. The molecule has 14 heavy (non-hydrogen) atoms. The molecule has 0 saturated heterocycles. The van der Waals surface area contributed by atoms with Gasteiger partial charge in [-0.3, -0.25) is 5.10 Å². The smallest absolute Gasteiger partial charge is 0.141 e. The third kappa shape index (κ3) is 3.46. The molecular weight excluding hydrogens is 176 g/mol. The van der Waals surface area contributed by atoms with E-state index in [0.717, 1.165) is 25.2 Å². The number of nitrogens with zero attached hydrogens (tertiary/aromatic N) is 2. The molecule has 1 aromatic rings. The van der Waals surface area contributed by atoms with Gasteiger partial charge in [-0.25, -0.2) is 4.98 Å². The van der Waals surface area contributed by atoms with Gasteiger partial charge in [0.05, 0.1) is 6.04 Å². The van der Waals surface area contributed by atoms with Crippen molar-refractivity contribution < 1.29 is 0 Å². The molecule has 1 atom stereocenters. The number of hydrogen-bond donors (Lipinski definition) is 2. The summed E-state index contributed by atoms with van der Waals surface area (Å²) in [5.41, 5.74) is 0. The molecule has 0 fully saturated rings. The van der Waals surface area contributed by atoms with E-state index in [2.05, 4.69) is 41.3 Å². The van der Waals surface area contributed by atoms with Crippen LogP contribution in [0.3, 0.4) is 0 Å². The van der Waals surface area contributed by atoms with Gasteiger partial charge in [-0.05, 0) is 25.3 Å². The molecule has 1 rings (SSSR count). The maximum atomic E-state index is 4.19. The van der Waals surface area contributed by atoms with Crippen LogP contribution in [0.25, 0.3) is 0 Å². The fourth-order valence-electron chi connectivity index (χ4n) is 1.46. The summed E-state index contributed by atoms with van der Waals surface area (Å²) in [6, 6.07) is 0.317. The summed E-state index contributed by atoms with van der Waals surface area (Å²) in [6.45, 7) is 7.63. The molecular formula is C10H20N4. The van der Waals surface area contributed by atoms with Gasteiger partial charge >= 0.3 is 0 Å². The second-order valence-electron chi connectivity index (χ2n) is 4.01. The molecule has 0 amide bonds. The summed E-state index contributed by atoms with van der Waals surface area (Å²) < 4.78 is 0. The van der Waals surface area contributed by atoms with Crippen LogP contribution in [0.1, 0.15) is 45.5 Å². The van der Waals surface area contributed by atoms with E-state index in [1.807, 2.05) is 0 Å². The maximum Gasteiger partial charge on any atom is 0.141 e. The molecule has 1 unspecified atom stereocenters. The Kier molecular flexibility index (Phi) is 4.59. The van der Waals surface area contributed by atoms with Crippen LogP contribution in [0.2, 0.25) is 0 Å². The molecule has 1 heterocycles. The van der Waals surface area contributed by atoms with Gasteiger partial charge in [0, 0.05) is 0 Å². The van der Waals surface area contributed by atoms with E-state index in [1.165, 1.54) is 0 Å². The summed E-state index contributed by atoms with van der Waals surface area (Å²) in [5.74, 6) is 1.61. The third-order valence-corrected chi connectivity index (χ3v) is 2.11. The summed E-state index contributed by atoms with van der Waals surface area (Å²) in [7, 11) is 0. The first kappa shape index (κ1) is 11.2. The first-order valence-electron chi connectivity index (χ1n) is 5.32. The quantitative estimate of drug-likeness (QED) is 0.730. The lowest BCUT2D eigenvalue weighted by atomic mass is 10.0. The van der Waals surface area contributed by atoms with Crippen LogP contribution in [0.15, 0.2) is 6.33 Å². The fourth-order valence-corrected chi connectivity index (χ4v) is 1.46. The van der Waals surface area contributed by atoms with E-state index in [-0.39, 0.29) is 0 Å². The molecule has 0 bridgehead atoms. The number of nitrogens with one attached hydrogen (secondary N) is 2. The predicted octanol–water partition coefficient (Wildman–Crippen LogP) is 1.89. The molecule has 0 aliphatic heterocycles. The van der Waals surface area contributed by atoms with Gasteiger partial charge < -0.3 is 5.32 Å². The average molecular weight is 196 g/mol. The van der Waals surface area contributed by atoms with Crippen molar-refractivity contribution >= 4 is 0 Å². The van der Waals surface area contributed by atoms with Gasteiger partial charge in [0.1, 0.15) is 12.2 Å². The normalized spacial score (nSPS) is 13.4. The van der Waals surface area contributed by atoms with E-state index >= 15 is 0 Å². The average Bonchev–Trinajstić information content (AvgIpc) is 2.64. The molecule has 0 spiro atoms. The van der Waals surface area contributed by atoms with E-state index in [4.69, 9.17) is 0 Å². The highest BCUT2D eigenvalue weighted by molar-refractivity contribution is 4.91. The minimum Gasteiger partial charge on any atom is -0.307 e. The van der Waals surface area contributed by atoms with Crippen molar-refractivity contribution in [3.8, 4) is 0 Å². The predicted molar refractivity (Wildman–Crippen MR) is 56.9 cm³/mol. The van der Waals surface area contributed by atoms with Crippen molar-refractivity contribution in [3.63, 3.8) is 0 Å². The van der Waals surface area contributed by atoms with Crippen molar-refractivity contribution in [2.75, 3.05) is 6.54 Å². The van der Waals surface area contributed by atoms with Crippen molar-refractivity contribution in [2.45, 2.75) is 39.7 Å². The molecule has 0 aromatic carbocycles. The van der Waals surface area contributed by atoms with Gasteiger partial charge in [0.15, 0.2) is 0 Å². The Labute approximate surface area is 85.5 Å². The number of H-pyrrole nitrogens is 1. The Morgan fingerprint density at radius 2 is 2.29 bits per heavy atom. The standard InChI is InChI=1S/C10H20N4/c1-4-5-11-9(6-8(2)3)10-12-7-13-14-10/h7-9,11H,4-6H2,1-3H3,(H,12,13,14). The van der Waals surface area contributed by atoms with Crippen molar-refractivity contribution in [2.24, 2.45) is 5.92 Å². The molecule has 0 aliphatic carbocycles. The van der Waals surface area contributed by atoms with Crippen LogP contribution in [0.5, 0.6) is 0 Å². The zero-order chi connectivity index (χ0) is 10.4. The van der Waals surface area contributed by atoms with E-state index in [1.54, 1.807) is 6.33 Å². The lowest BCUT2D eigenvalue weighted by Crippen LogP contribution is -2.24. The molecule has 80 valence electrons. The SMILES string of the molecule is CCCNC(CC(C)C)c1ncn[nH]1. The Hall–Kier alpha value is -0.900. The highest BCUT2D eigenvalue weighted by Crippen LogP contribution is 2.17. The van der Waals surface area contributed by atoms with Gasteiger partial charge in [0.25, 0.3) is 0 Å². The third-order valence-electron chi connectivity index (χ3n) is 2.11. The van der Waals surface area contributed by atoms with E-state index in [9.17, 15) is 0 Å². The molecule has 2 N–H and O–H groups in total. The molecule has 4 heteroatoms. The molecule has 0 aliphatic rings. The summed E-state index contributed by atoms with van der Waals surface area (Å²) in [5, 5.41) is 10.3. The number of aromatic nitrogens is 3. The first-order chi connectivity index (χ1) is 6.74. The Morgan fingerprint density at radius 1 is 1.50 bits per heavy atom. The number of hydrogen-bond acceptors (Lipinski definition) is 3. The zero-order valence-corrected chi connectivity index (χ0v) is 9.25. The largest absolute Gasteiger partial charge is 0.307 e. The molecule has 4 nitrogen and oxygen atoms in total. The number of rotatable bonds is 6. The van der Waals surface area contributed by atoms with Gasteiger partial charge in [-0.1, -0.05) is 20.8 Å². The Bertz CT molecular complexity index is 230. The van der Waals surface area contributed by atoms with E-state index in [0.29, 0.717) is 12.0 Å². The van der Waals surface area contributed by atoms with Crippen LogP contribution < -0.4 is 5.32 Å². The second kappa shape index (κ2) is 5.75. The topological polar surface area (TPSA) is 53.6 Å². The summed E-state index contributed by atoms with van der Waals surface area (Å²) in [6.07, 6.45) is 3.80. The number of aromatic amines is 1. The van der Waals surface area contributed by atoms with Crippen LogP contribution in [-0.2, 0) is 0 Å². The van der Waals surface area contributed by atoms with Crippen LogP contribution >= 0.6 is 0 Å². The lowest BCUT2D eigenvalue weighted by Gasteiger charge is -2.17. The highest BCUT2D eigenvalue weighted by Gasteiger charge is 2.14. The molecule has 1 aromatic heterocycles. The fraction of sp³-hybridized carbons (Fsp3) is 0.800. The van der Waals surface area contributed by atoms with Gasteiger partial charge in [0.2, 0.25) is 0 Å². The highest BCUT2D eigenvalue weighted by atomic mass is 15.2. The second-order valence-corrected chi connectivity index (χ2v) is 4.01. The van der Waals surface area contributed by atoms with Crippen molar-refractivity contribution in [1.29, 1.82) is 0 Å². The summed E-state index contributed by atoms with van der Waals surface area (Å²) in [4.78, 5) is 4.19. The monoisotopic (exact) mass is 196 g/mol. The first-order valence-corrected chi connectivity index (χ1v) is 5.32. The minimum absolute atomic E-state index is 0.317. The van der Waals surface area contributed by atoms with Crippen molar-refractivity contribution in [1.82, 2.24) is 20.5 Å². The van der Waals surface area contributed by atoms with Gasteiger partial charge in [-0.15, -0.1) is 0 Å². The van der Waals surface area contributed by atoms with Gasteiger partial charge in [-0.2, -0.15) is 5.10 Å². The van der Waals surface area contributed by atoms with Crippen LogP contribution in [0, 0.1) is 5.92 Å². The van der Waals surface area contributed by atoms with Crippen LogP contribution in [0.4, 0.5) is 0 Å². The van der Waals surface area contributed by atoms with Crippen LogP contribution in [-0.4, -0.2) is 21.7 Å². The van der Waals surface area contributed by atoms with Crippen molar-refractivity contribution in [3.05, 3.63) is 12.2 Å². The lowest BCUT2D eigenvalue weighted by molar-refractivity contribution is 0.415. The maximum absolute atomic E-state index is 4.19. The zero-order valence-electron chi connectivity index (χ0n) is 9.25.